The predicted molar refractivity (Wildman–Crippen MR) is 83.2 cm³/mol. The Balaban J connectivity index is 1.49. The van der Waals surface area contributed by atoms with E-state index in [4.69, 9.17) is 11.2 Å². The average molecular weight is 303 g/mol. The lowest BCUT2D eigenvalue weighted by Gasteiger charge is -2.45. The minimum absolute atomic E-state index is 0.210. The molecule has 0 N–H and O–H groups in total. The van der Waals surface area contributed by atoms with Crippen LogP contribution in [0.25, 0.3) is 0 Å². The molecule has 0 aromatic rings. The molecule has 1 spiro atoms. The minimum atomic E-state index is -0.344. The van der Waals surface area contributed by atoms with Crippen LogP contribution in [-0.4, -0.2) is 42.8 Å². The van der Waals surface area contributed by atoms with Gasteiger partial charge in [0.15, 0.2) is 5.66 Å². The van der Waals surface area contributed by atoms with E-state index in [0.29, 0.717) is 19.3 Å². The van der Waals surface area contributed by atoms with Crippen LogP contribution in [-0.2, 0) is 9.53 Å². The Morgan fingerprint density at radius 1 is 1.27 bits per heavy atom. The molecule has 5 nitrogen and oxygen atoms in total. The smallest absolute Gasteiger partial charge is 0.222 e. The molecule has 1 atom stereocenters. The molecule has 0 saturated carbocycles. The van der Waals surface area contributed by atoms with Crippen molar-refractivity contribution < 1.29 is 9.53 Å². The van der Waals surface area contributed by atoms with Crippen LogP contribution in [0.3, 0.4) is 0 Å². The van der Waals surface area contributed by atoms with Gasteiger partial charge in [0, 0.05) is 50.8 Å². The van der Waals surface area contributed by atoms with Crippen molar-refractivity contribution in [3.8, 4) is 12.3 Å². The number of hydrogen-bond donors (Lipinski definition) is 0. The lowest BCUT2D eigenvalue weighted by molar-refractivity contribution is -0.138. The highest BCUT2D eigenvalue weighted by atomic mass is 16.5. The van der Waals surface area contributed by atoms with Gasteiger partial charge < -0.3 is 9.64 Å². The van der Waals surface area contributed by atoms with Gasteiger partial charge in [-0.2, -0.15) is 10.2 Å². The molecule has 3 aliphatic heterocycles. The van der Waals surface area contributed by atoms with E-state index in [1.54, 1.807) is 0 Å². The summed E-state index contributed by atoms with van der Waals surface area (Å²) < 4.78 is 5.67. The summed E-state index contributed by atoms with van der Waals surface area (Å²) in [4.78, 5) is 14.6. The van der Waals surface area contributed by atoms with Gasteiger partial charge in [0.25, 0.3) is 0 Å². The summed E-state index contributed by atoms with van der Waals surface area (Å²) in [6.45, 7) is 3.42. The van der Waals surface area contributed by atoms with Crippen molar-refractivity contribution in [2.45, 2.75) is 57.0 Å². The number of amides is 1. The van der Waals surface area contributed by atoms with Crippen molar-refractivity contribution >= 4 is 5.91 Å². The highest BCUT2D eigenvalue weighted by molar-refractivity contribution is 5.76. The van der Waals surface area contributed by atoms with Crippen LogP contribution in [0, 0.1) is 17.8 Å². The molecule has 2 fully saturated rings. The van der Waals surface area contributed by atoms with Gasteiger partial charge in [-0.25, -0.2) is 0 Å². The van der Waals surface area contributed by atoms with E-state index in [2.05, 4.69) is 16.1 Å². The highest BCUT2D eigenvalue weighted by Crippen LogP contribution is 2.40. The van der Waals surface area contributed by atoms with Crippen LogP contribution in [0.4, 0.5) is 0 Å². The number of carbonyl (C=O) groups excluding carboxylic acids is 1. The third-order valence-electron chi connectivity index (χ3n) is 5.21. The maximum atomic E-state index is 12.5. The third kappa shape index (κ3) is 3.49. The minimum Gasteiger partial charge on any atom is -0.381 e. The summed E-state index contributed by atoms with van der Waals surface area (Å²) in [6, 6.07) is 0. The van der Waals surface area contributed by atoms with E-state index >= 15 is 0 Å². The number of likely N-dealkylation sites (tertiary alicyclic amines) is 1. The molecule has 5 heteroatoms. The first-order chi connectivity index (χ1) is 10.7. The Morgan fingerprint density at radius 2 is 2.09 bits per heavy atom. The molecule has 0 aromatic carbocycles. The molecular weight excluding hydrogens is 278 g/mol. The normalized spacial score (nSPS) is 29.3. The Labute approximate surface area is 132 Å². The largest absolute Gasteiger partial charge is 0.381 e. The second-order valence-electron chi connectivity index (χ2n) is 6.96. The van der Waals surface area contributed by atoms with Gasteiger partial charge in [0.1, 0.15) is 0 Å². The van der Waals surface area contributed by atoms with E-state index in [0.717, 1.165) is 45.6 Å². The first kappa shape index (κ1) is 15.5. The maximum absolute atomic E-state index is 12.5. The standard InChI is InChI=1S/C17H25N3O2/c1-2-3-9-17(18-19-17)10-6-15(21)20-11-4-7-16(13-20)8-5-12-22-14-16/h1H,3-14H2. The van der Waals surface area contributed by atoms with Gasteiger partial charge in [0.2, 0.25) is 5.91 Å². The van der Waals surface area contributed by atoms with E-state index in [-0.39, 0.29) is 17.0 Å². The monoisotopic (exact) mass is 303 g/mol. The zero-order valence-electron chi connectivity index (χ0n) is 13.2. The first-order valence-electron chi connectivity index (χ1n) is 8.40. The highest BCUT2D eigenvalue weighted by Gasteiger charge is 2.41. The van der Waals surface area contributed by atoms with Crippen molar-refractivity contribution in [2.75, 3.05) is 26.3 Å². The molecule has 22 heavy (non-hydrogen) atoms. The summed E-state index contributed by atoms with van der Waals surface area (Å²) in [5.74, 6) is 2.86. The lowest BCUT2D eigenvalue weighted by atomic mass is 9.76. The molecule has 3 heterocycles. The Kier molecular flexibility index (Phi) is 4.49. The molecule has 0 radical (unpaired) electrons. The molecule has 3 rings (SSSR count). The SMILES string of the molecule is C#CCCC1(CCC(=O)N2CCCC3(CCCOC3)C2)N=N1. The van der Waals surface area contributed by atoms with E-state index in [1.165, 1.54) is 12.8 Å². The van der Waals surface area contributed by atoms with Crippen molar-refractivity contribution in [3.05, 3.63) is 0 Å². The zero-order valence-corrected chi connectivity index (χ0v) is 13.2. The third-order valence-corrected chi connectivity index (χ3v) is 5.21. The van der Waals surface area contributed by atoms with Crippen molar-refractivity contribution in [1.82, 2.24) is 4.90 Å². The zero-order chi connectivity index (χ0) is 15.5. The summed E-state index contributed by atoms with van der Waals surface area (Å²) in [7, 11) is 0. The van der Waals surface area contributed by atoms with Crippen LogP contribution in [0.2, 0.25) is 0 Å². The van der Waals surface area contributed by atoms with Gasteiger partial charge in [-0.05, 0) is 25.7 Å². The summed E-state index contributed by atoms with van der Waals surface area (Å²) >= 11 is 0. The molecule has 3 aliphatic rings. The van der Waals surface area contributed by atoms with Crippen LogP contribution < -0.4 is 0 Å². The van der Waals surface area contributed by atoms with Crippen molar-refractivity contribution in [1.29, 1.82) is 0 Å². The topological polar surface area (TPSA) is 54.3 Å². The molecule has 1 amide bonds. The van der Waals surface area contributed by atoms with E-state index in [9.17, 15) is 4.79 Å². The van der Waals surface area contributed by atoms with Crippen LogP contribution >= 0.6 is 0 Å². The number of terminal acetylenes is 1. The number of carbonyl (C=O) groups is 1. The predicted octanol–water partition coefficient (Wildman–Crippen LogP) is 2.76. The van der Waals surface area contributed by atoms with Crippen LogP contribution in [0.5, 0.6) is 0 Å². The molecule has 0 aliphatic carbocycles. The number of ether oxygens (including phenoxy) is 1. The van der Waals surface area contributed by atoms with Gasteiger partial charge in [-0.1, -0.05) is 0 Å². The second-order valence-corrected chi connectivity index (χ2v) is 6.96. The van der Waals surface area contributed by atoms with Crippen LogP contribution in [0.15, 0.2) is 10.2 Å². The molecule has 2 saturated heterocycles. The lowest BCUT2D eigenvalue weighted by Crippen LogP contribution is -2.49. The van der Waals surface area contributed by atoms with Gasteiger partial charge in [-0.3, -0.25) is 4.79 Å². The quantitative estimate of drug-likeness (QED) is 0.733. The van der Waals surface area contributed by atoms with Crippen LogP contribution in [0.1, 0.15) is 51.4 Å². The maximum Gasteiger partial charge on any atom is 0.222 e. The fourth-order valence-corrected chi connectivity index (χ4v) is 3.79. The van der Waals surface area contributed by atoms with E-state index in [1.807, 2.05) is 4.90 Å². The molecule has 0 bridgehead atoms. The number of nitrogens with zero attached hydrogens (tertiary/aromatic N) is 3. The molecule has 120 valence electrons. The Hall–Kier alpha value is -1.41. The van der Waals surface area contributed by atoms with Gasteiger partial charge in [-0.15, -0.1) is 12.3 Å². The Morgan fingerprint density at radius 3 is 2.77 bits per heavy atom. The average Bonchev–Trinajstić information content (AvgIpc) is 3.32. The van der Waals surface area contributed by atoms with E-state index < -0.39 is 0 Å². The fourth-order valence-electron chi connectivity index (χ4n) is 3.79. The number of piperidine rings is 1. The summed E-state index contributed by atoms with van der Waals surface area (Å²) in [5.41, 5.74) is -0.134. The molecule has 0 aromatic heterocycles. The van der Waals surface area contributed by atoms with Crippen molar-refractivity contribution in [3.63, 3.8) is 0 Å². The summed E-state index contributed by atoms with van der Waals surface area (Å²) in [6.07, 6.45) is 12.5. The van der Waals surface area contributed by atoms with Crippen molar-refractivity contribution in [2.24, 2.45) is 15.6 Å². The van der Waals surface area contributed by atoms with Gasteiger partial charge in [0.05, 0.1) is 6.61 Å². The van der Waals surface area contributed by atoms with Gasteiger partial charge >= 0.3 is 0 Å². The summed E-state index contributed by atoms with van der Waals surface area (Å²) in [5, 5.41) is 8.22. The number of hydrogen-bond acceptors (Lipinski definition) is 4. The first-order valence-corrected chi connectivity index (χ1v) is 8.40. The fraction of sp³-hybridized carbons (Fsp3) is 0.824. The Bertz CT molecular complexity index is 477. The molecular formula is C17H25N3O2. The molecule has 1 unspecified atom stereocenters. The number of rotatable bonds is 5. The second kappa shape index (κ2) is 6.37.